The third kappa shape index (κ3) is 5.26. The Hall–Kier alpha value is -1.99. The van der Waals surface area contributed by atoms with Crippen LogP contribution in [0.3, 0.4) is 0 Å². The predicted molar refractivity (Wildman–Crippen MR) is 115 cm³/mol. The van der Waals surface area contributed by atoms with Crippen molar-refractivity contribution in [1.29, 1.82) is 0 Å². The van der Waals surface area contributed by atoms with E-state index in [4.69, 9.17) is 21.1 Å². The van der Waals surface area contributed by atoms with Crippen molar-refractivity contribution in [1.82, 2.24) is 0 Å². The molecule has 0 saturated heterocycles. The summed E-state index contributed by atoms with van der Waals surface area (Å²) in [4.78, 5) is 0. The molecule has 0 radical (unpaired) electrons. The van der Waals surface area contributed by atoms with Crippen LogP contribution < -0.4 is 14.8 Å². The van der Waals surface area contributed by atoms with E-state index in [1.165, 1.54) is 12.1 Å². The Morgan fingerprint density at radius 2 is 1.85 bits per heavy atom. The van der Waals surface area contributed by atoms with Gasteiger partial charge in [0, 0.05) is 6.54 Å². The fraction of sp³-hybridized carbons (Fsp3) is 0.143. The Bertz CT molecular complexity index is 936. The largest absolute Gasteiger partial charge is 0.493 e. The van der Waals surface area contributed by atoms with Gasteiger partial charge in [0.15, 0.2) is 11.5 Å². The SMILES string of the molecule is COc1cc(CNc2ccccc2Cl)cc(I)c1OCc1cccc(F)c1. The Kier molecular flexibility index (Phi) is 6.79. The molecule has 0 spiro atoms. The topological polar surface area (TPSA) is 30.5 Å². The molecule has 0 aliphatic heterocycles. The molecule has 0 atom stereocenters. The van der Waals surface area contributed by atoms with Crippen LogP contribution in [0, 0.1) is 9.39 Å². The summed E-state index contributed by atoms with van der Waals surface area (Å²) < 4.78 is 25.6. The van der Waals surface area contributed by atoms with Crippen LogP contribution >= 0.6 is 34.2 Å². The zero-order valence-electron chi connectivity index (χ0n) is 14.6. The lowest BCUT2D eigenvalue weighted by molar-refractivity contribution is 0.281. The van der Waals surface area contributed by atoms with Crippen LogP contribution in [-0.2, 0) is 13.2 Å². The van der Waals surface area contributed by atoms with Gasteiger partial charge >= 0.3 is 0 Å². The molecule has 0 heterocycles. The van der Waals surface area contributed by atoms with Gasteiger partial charge in [0.1, 0.15) is 12.4 Å². The number of para-hydroxylation sites is 1. The molecule has 0 fully saturated rings. The molecule has 3 rings (SSSR count). The molecule has 0 saturated carbocycles. The lowest BCUT2D eigenvalue weighted by atomic mass is 10.2. The smallest absolute Gasteiger partial charge is 0.174 e. The summed E-state index contributed by atoms with van der Waals surface area (Å²) in [6, 6.07) is 17.9. The first-order valence-corrected chi connectivity index (χ1v) is 9.74. The second kappa shape index (κ2) is 9.28. The van der Waals surface area contributed by atoms with Crippen molar-refractivity contribution >= 4 is 39.9 Å². The highest BCUT2D eigenvalue weighted by Gasteiger charge is 2.12. The molecule has 3 aromatic carbocycles. The number of hydrogen-bond donors (Lipinski definition) is 1. The van der Waals surface area contributed by atoms with Crippen molar-refractivity contribution in [2.45, 2.75) is 13.2 Å². The lowest BCUT2D eigenvalue weighted by Crippen LogP contribution is -2.04. The predicted octanol–water partition coefficient (Wildman–Crippen LogP) is 6.28. The fourth-order valence-electron chi connectivity index (χ4n) is 2.60. The van der Waals surface area contributed by atoms with E-state index in [9.17, 15) is 4.39 Å². The van der Waals surface area contributed by atoms with Crippen LogP contribution in [0.4, 0.5) is 10.1 Å². The van der Waals surface area contributed by atoms with Crippen LogP contribution in [0.15, 0.2) is 60.7 Å². The van der Waals surface area contributed by atoms with Gasteiger partial charge < -0.3 is 14.8 Å². The van der Waals surface area contributed by atoms with Gasteiger partial charge in [-0.25, -0.2) is 4.39 Å². The van der Waals surface area contributed by atoms with E-state index in [1.54, 1.807) is 13.2 Å². The Balaban J connectivity index is 1.73. The van der Waals surface area contributed by atoms with E-state index >= 15 is 0 Å². The molecule has 0 aromatic heterocycles. The molecule has 0 aliphatic carbocycles. The maximum Gasteiger partial charge on any atom is 0.174 e. The summed E-state index contributed by atoms with van der Waals surface area (Å²) in [6.07, 6.45) is 0. The second-order valence-electron chi connectivity index (χ2n) is 5.86. The molecule has 0 bridgehead atoms. The Morgan fingerprint density at radius 1 is 1.04 bits per heavy atom. The first-order valence-electron chi connectivity index (χ1n) is 8.29. The van der Waals surface area contributed by atoms with Gasteiger partial charge in [-0.3, -0.25) is 0 Å². The third-order valence-electron chi connectivity index (χ3n) is 3.92. The quantitative estimate of drug-likeness (QED) is 0.390. The molecular formula is C21H18ClFINO2. The van der Waals surface area contributed by atoms with E-state index < -0.39 is 0 Å². The highest BCUT2D eigenvalue weighted by molar-refractivity contribution is 14.1. The van der Waals surface area contributed by atoms with Gasteiger partial charge in [-0.2, -0.15) is 0 Å². The van der Waals surface area contributed by atoms with E-state index in [0.29, 0.717) is 23.1 Å². The number of rotatable bonds is 7. The fourth-order valence-corrected chi connectivity index (χ4v) is 3.62. The molecule has 3 nitrogen and oxygen atoms in total. The zero-order valence-corrected chi connectivity index (χ0v) is 17.6. The van der Waals surface area contributed by atoms with E-state index in [2.05, 4.69) is 27.9 Å². The van der Waals surface area contributed by atoms with E-state index in [-0.39, 0.29) is 12.4 Å². The molecule has 140 valence electrons. The van der Waals surface area contributed by atoms with Crippen LogP contribution in [0.25, 0.3) is 0 Å². The first-order chi connectivity index (χ1) is 13.1. The Labute approximate surface area is 176 Å². The van der Waals surface area contributed by atoms with Crippen molar-refractivity contribution in [2.24, 2.45) is 0 Å². The van der Waals surface area contributed by atoms with Crippen molar-refractivity contribution in [3.8, 4) is 11.5 Å². The first kappa shape index (κ1) is 19.8. The molecule has 3 aromatic rings. The number of methoxy groups -OCH3 is 1. The maximum absolute atomic E-state index is 13.3. The highest BCUT2D eigenvalue weighted by atomic mass is 127. The average Bonchev–Trinajstić information content (AvgIpc) is 2.66. The normalized spacial score (nSPS) is 10.5. The summed E-state index contributed by atoms with van der Waals surface area (Å²) in [6.45, 7) is 0.863. The molecule has 0 amide bonds. The number of benzene rings is 3. The number of halogens is 3. The molecular weight excluding hydrogens is 480 g/mol. The van der Waals surface area contributed by atoms with Crippen LogP contribution in [0.1, 0.15) is 11.1 Å². The molecule has 1 N–H and O–H groups in total. The summed E-state index contributed by atoms with van der Waals surface area (Å²) in [7, 11) is 1.60. The van der Waals surface area contributed by atoms with Crippen LogP contribution in [0.5, 0.6) is 11.5 Å². The molecule has 6 heteroatoms. The minimum absolute atomic E-state index is 0.265. The van der Waals surface area contributed by atoms with Crippen LogP contribution in [-0.4, -0.2) is 7.11 Å². The molecule has 0 unspecified atom stereocenters. The van der Waals surface area contributed by atoms with Gasteiger partial charge in [0.2, 0.25) is 0 Å². The number of ether oxygens (including phenoxy) is 2. The van der Waals surface area contributed by atoms with Crippen molar-refractivity contribution in [3.05, 3.63) is 86.2 Å². The van der Waals surface area contributed by atoms with E-state index in [0.717, 1.165) is 20.4 Å². The summed E-state index contributed by atoms with van der Waals surface area (Å²) in [5.41, 5.74) is 2.67. The second-order valence-corrected chi connectivity index (χ2v) is 7.43. The third-order valence-corrected chi connectivity index (χ3v) is 5.05. The number of nitrogens with one attached hydrogen (secondary N) is 1. The molecule has 0 aliphatic rings. The van der Waals surface area contributed by atoms with Crippen molar-refractivity contribution < 1.29 is 13.9 Å². The highest BCUT2D eigenvalue weighted by Crippen LogP contribution is 2.35. The van der Waals surface area contributed by atoms with Gasteiger partial charge in [0.25, 0.3) is 0 Å². The zero-order chi connectivity index (χ0) is 19.2. The minimum Gasteiger partial charge on any atom is -0.493 e. The summed E-state index contributed by atoms with van der Waals surface area (Å²) >= 11 is 8.39. The standard InChI is InChI=1S/C21H18ClFINO2/c1-26-20-11-15(12-25-19-8-3-2-7-17(19)22)10-18(24)21(20)27-13-14-5-4-6-16(23)9-14/h2-11,25H,12-13H2,1H3. The van der Waals surface area contributed by atoms with E-state index in [1.807, 2.05) is 42.5 Å². The van der Waals surface area contributed by atoms with Crippen molar-refractivity contribution in [2.75, 3.05) is 12.4 Å². The lowest BCUT2D eigenvalue weighted by Gasteiger charge is -2.15. The number of hydrogen-bond acceptors (Lipinski definition) is 3. The monoisotopic (exact) mass is 497 g/mol. The summed E-state index contributed by atoms with van der Waals surface area (Å²) in [5, 5.41) is 3.99. The maximum atomic E-state index is 13.3. The Morgan fingerprint density at radius 3 is 2.59 bits per heavy atom. The van der Waals surface area contributed by atoms with Gasteiger partial charge in [0.05, 0.1) is 21.4 Å². The van der Waals surface area contributed by atoms with Gasteiger partial charge in [-0.1, -0.05) is 35.9 Å². The molecule has 27 heavy (non-hydrogen) atoms. The minimum atomic E-state index is -0.279. The summed E-state index contributed by atoms with van der Waals surface area (Å²) in [5.74, 6) is 0.997. The average molecular weight is 498 g/mol. The van der Waals surface area contributed by atoms with Gasteiger partial charge in [-0.15, -0.1) is 0 Å². The van der Waals surface area contributed by atoms with Crippen molar-refractivity contribution in [3.63, 3.8) is 0 Å². The number of anilines is 1. The van der Waals surface area contributed by atoms with Crippen LogP contribution in [0.2, 0.25) is 5.02 Å². The van der Waals surface area contributed by atoms with Gasteiger partial charge in [-0.05, 0) is 70.1 Å².